The van der Waals surface area contributed by atoms with Gasteiger partial charge in [0.25, 0.3) is 0 Å². The van der Waals surface area contributed by atoms with Crippen molar-refractivity contribution >= 4 is 28.4 Å². The first kappa shape index (κ1) is 15.8. The Morgan fingerprint density at radius 3 is 2.05 bits per heavy atom. The summed E-state index contributed by atoms with van der Waals surface area (Å²) < 4.78 is 13.3. The molecule has 1 fully saturated rings. The average Bonchev–Trinajstić information content (AvgIpc) is 2.80. The van der Waals surface area contributed by atoms with Crippen LogP contribution in [0, 0.1) is 6.92 Å². The Bertz CT molecular complexity index is 468. The molecule has 2 heterocycles. The minimum Gasteiger partial charge on any atom is -0.399 e. The summed E-state index contributed by atoms with van der Waals surface area (Å²) in [4.78, 5) is 6.93. The summed E-state index contributed by atoms with van der Waals surface area (Å²) >= 11 is 1.68. The summed E-state index contributed by atoms with van der Waals surface area (Å²) in [6, 6.07) is 0. The Labute approximate surface area is 126 Å². The van der Waals surface area contributed by atoms with Crippen molar-refractivity contribution in [3.05, 3.63) is 5.69 Å². The number of nitrogens with zero attached hydrogens (tertiary/aromatic N) is 2. The molecule has 4 nitrogen and oxygen atoms in total. The molecule has 0 aliphatic carbocycles. The van der Waals surface area contributed by atoms with E-state index in [2.05, 4.69) is 51.4 Å². The standard InChI is InChI=1S/C14H25BN2O2S/c1-8-17(9-2)12-16-10(3)11(20-12)15-18-13(4,5)14(6,7)19-15/h8-9H2,1-7H3. The minimum absolute atomic E-state index is 0.302. The van der Waals surface area contributed by atoms with Crippen LogP contribution in [0.2, 0.25) is 0 Å². The fourth-order valence-electron chi connectivity index (χ4n) is 2.19. The van der Waals surface area contributed by atoms with Crippen molar-refractivity contribution in [2.75, 3.05) is 18.0 Å². The molecule has 1 aliphatic heterocycles. The molecule has 6 heteroatoms. The van der Waals surface area contributed by atoms with Gasteiger partial charge in [-0.3, -0.25) is 0 Å². The van der Waals surface area contributed by atoms with E-state index < -0.39 is 0 Å². The van der Waals surface area contributed by atoms with Crippen molar-refractivity contribution in [2.45, 2.75) is 59.7 Å². The van der Waals surface area contributed by atoms with Gasteiger partial charge in [-0.15, -0.1) is 11.3 Å². The fourth-order valence-corrected chi connectivity index (χ4v) is 3.34. The van der Waals surface area contributed by atoms with Gasteiger partial charge in [-0.25, -0.2) is 4.98 Å². The first-order valence-electron chi connectivity index (χ1n) is 7.29. The number of hydrogen-bond donors (Lipinski definition) is 0. The van der Waals surface area contributed by atoms with Crippen LogP contribution in [0.5, 0.6) is 0 Å². The topological polar surface area (TPSA) is 34.6 Å². The molecular formula is C14H25BN2O2S. The largest absolute Gasteiger partial charge is 0.507 e. The monoisotopic (exact) mass is 296 g/mol. The number of anilines is 1. The zero-order chi connectivity index (χ0) is 15.1. The predicted molar refractivity (Wildman–Crippen MR) is 86.1 cm³/mol. The number of aromatic nitrogens is 1. The SMILES string of the molecule is CCN(CC)c1nc(C)c(B2OC(C)(C)C(C)(C)O2)s1. The van der Waals surface area contributed by atoms with E-state index in [1.165, 1.54) is 0 Å². The van der Waals surface area contributed by atoms with Crippen molar-refractivity contribution in [1.82, 2.24) is 4.98 Å². The third-order valence-corrected chi connectivity index (χ3v) is 5.56. The molecular weight excluding hydrogens is 271 g/mol. The van der Waals surface area contributed by atoms with E-state index in [1.54, 1.807) is 11.3 Å². The van der Waals surface area contributed by atoms with E-state index in [0.717, 1.165) is 28.7 Å². The summed E-state index contributed by atoms with van der Waals surface area (Å²) in [6.07, 6.45) is 0. The second-order valence-electron chi connectivity index (χ2n) is 6.21. The Morgan fingerprint density at radius 2 is 1.60 bits per heavy atom. The van der Waals surface area contributed by atoms with Crippen LogP contribution in [0.15, 0.2) is 0 Å². The van der Waals surface area contributed by atoms with E-state index in [0.29, 0.717) is 0 Å². The third-order valence-electron chi connectivity index (χ3n) is 4.32. The molecule has 0 atom stereocenters. The van der Waals surface area contributed by atoms with Crippen molar-refractivity contribution in [3.8, 4) is 0 Å². The Morgan fingerprint density at radius 1 is 1.10 bits per heavy atom. The lowest BCUT2D eigenvalue weighted by atomic mass is 9.86. The van der Waals surface area contributed by atoms with Crippen molar-refractivity contribution in [2.24, 2.45) is 0 Å². The van der Waals surface area contributed by atoms with E-state index in [9.17, 15) is 0 Å². The highest BCUT2D eigenvalue weighted by Gasteiger charge is 2.52. The van der Waals surface area contributed by atoms with Crippen LogP contribution in [-0.4, -0.2) is 36.4 Å². The molecule has 1 aliphatic rings. The number of thiazole rings is 1. The molecule has 20 heavy (non-hydrogen) atoms. The van der Waals surface area contributed by atoms with Crippen molar-refractivity contribution in [3.63, 3.8) is 0 Å². The molecule has 0 N–H and O–H groups in total. The maximum atomic E-state index is 6.12. The van der Waals surface area contributed by atoms with Crippen LogP contribution >= 0.6 is 11.3 Å². The van der Waals surface area contributed by atoms with Crippen molar-refractivity contribution in [1.29, 1.82) is 0 Å². The highest BCUT2D eigenvalue weighted by molar-refractivity contribution is 7.25. The van der Waals surface area contributed by atoms with Gasteiger partial charge in [-0.05, 0) is 48.5 Å². The molecule has 0 radical (unpaired) electrons. The molecule has 0 bridgehead atoms. The first-order chi connectivity index (χ1) is 9.21. The lowest BCUT2D eigenvalue weighted by Crippen LogP contribution is -2.41. The van der Waals surface area contributed by atoms with Crippen molar-refractivity contribution < 1.29 is 9.31 Å². The second-order valence-corrected chi connectivity index (χ2v) is 7.22. The molecule has 1 saturated heterocycles. The van der Waals surface area contributed by atoms with Gasteiger partial charge in [0, 0.05) is 13.1 Å². The average molecular weight is 296 g/mol. The molecule has 0 spiro atoms. The third kappa shape index (κ3) is 2.61. The molecule has 2 rings (SSSR count). The van der Waals surface area contributed by atoms with Crippen LogP contribution in [-0.2, 0) is 9.31 Å². The number of rotatable bonds is 4. The van der Waals surface area contributed by atoms with Crippen LogP contribution in [0.3, 0.4) is 0 Å². The van der Waals surface area contributed by atoms with Gasteiger partial charge in [0.1, 0.15) is 0 Å². The van der Waals surface area contributed by atoms with Gasteiger partial charge >= 0.3 is 7.12 Å². The zero-order valence-electron chi connectivity index (χ0n) is 13.6. The van der Waals surface area contributed by atoms with Crippen LogP contribution in [0.1, 0.15) is 47.2 Å². The molecule has 1 aromatic rings. The normalized spacial score (nSPS) is 20.4. The Balaban J connectivity index is 2.27. The molecule has 0 saturated carbocycles. The molecule has 0 unspecified atom stereocenters. The summed E-state index contributed by atoms with van der Waals surface area (Å²) in [5.41, 5.74) is 0.405. The molecule has 1 aromatic heterocycles. The fraction of sp³-hybridized carbons (Fsp3) is 0.786. The first-order valence-corrected chi connectivity index (χ1v) is 8.11. The maximum Gasteiger partial charge on any atom is 0.507 e. The summed E-state index contributed by atoms with van der Waals surface area (Å²) in [5.74, 6) is 0. The maximum absolute atomic E-state index is 6.12. The summed E-state index contributed by atoms with van der Waals surface area (Å²) in [7, 11) is -0.304. The predicted octanol–water partition coefficient (Wildman–Crippen LogP) is 2.60. The highest BCUT2D eigenvalue weighted by atomic mass is 32.1. The molecule has 0 aromatic carbocycles. The van der Waals surface area contributed by atoms with E-state index >= 15 is 0 Å². The lowest BCUT2D eigenvalue weighted by Gasteiger charge is -2.32. The summed E-state index contributed by atoms with van der Waals surface area (Å²) in [5, 5.41) is 1.05. The highest BCUT2D eigenvalue weighted by Crippen LogP contribution is 2.37. The molecule has 112 valence electrons. The van der Waals surface area contributed by atoms with Crippen LogP contribution < -0.4 is 9.68 Å². The van der Waals surface area contributed by atoms with Gasteiger partial charge < -0.3 is 14.2 Å². The van der Waals surface area contributed by atoms with E-state index in [1.807, 2.05) is 6.92 Å². The van der Waals surface area contributed by atoms with E-state index in [4.69, 9.17) is 9.31 Å². The summed E-state index contributed by atoms with van der Waals surface area (Å²) in [6.45, 7) is 16.6. The quantitative estimate of drug-likeness (QED) is 0.800. The minimum atomic E-state index is -0.304. The van der Waals surface area contributed by atoms with Gasteiger partial charge in [0.2, 0.25) is 0 Å². The van der Waals surface area contributed by atoms with Gasteiger partial charge in [-0.2, -0.15) is 0 Å². The number of hydrogen-bond acceptors (Lipinski definition) is 5. The number of aryl methyl sites for hydroxylation is 1. The van der Waals surface area contributed by atoms with E-state index in [-0.39, 0.29) is 18.3 Å². The van der Waals surface area contributed by atoms with Gasteiger partial charge in [0.15, 0.2) is 5.13 Å². The lowest BCUT2D eigenvalue weighted by molar-refractivity contribution is 0.00578. The van der Waals surface area contributed by atoms with Crippen LogP contribution in [0.25, 0.3) is 0 Å². The van der Waals surface area contributed by atoms with Crippen LogP contribution in [0.4, 0.5) is 5.13 Å². The smallest absolute Gasteiger partial charge is 0.399 e. The van der Waals surface area contributed by atoms with Gasteiger partial charge in [0.05, 0.1) is 21.7 Å². The Kier molecular flexibility index (Phi) is 4.20. The Hall–Kier alpha value is -0.585. The molecule has 0 amide bonds. The second kappa shape index (κ2) is 5.32. The van der Waals surface area contributed by atoms with Gasteiger partial charge in [-0.1, -0.05) is 0 Å². The zero-order valence-corrected chi connectivity index (χ0v) is 14.4.